The van der Waals surface area contributed by atoms with Crippen LogP contribution >= 0.6 is 0 Å². The van der Waals surface area contributed by atoms with Gasteiger partial charge in [-0.2, -0.15) is 8.78 Å². The van der Waals surface area contributed by atoms with E-state index in [0.29, 0.717) is 17.4 Å². The zero-order valence-corrected chi connectivity index (χ0v) is 11.1. The van der Waals surface area contributed by atoms with E-state index in [1.54, 1.807) is 30.3 Å². The molecular weight excluding hydrogens is 274 g/mol. The van der Waals surface area contributed by atoms with Gasteiger partial charge in [-0.3, -0.25) is 4.79 Å². The summed E-state index contributed by atoms with van der Waals surface area (Å²) in [4.78, 5) is 12.2. The van der Waals surface area contributed by atoms with E-state index in [0.717, 1.165) is 5.56 Å². The fourth-order valence-corrected chi connectivity index (χ4v) is 1.73. The first-order valence-corrected chi connectivity index (χ1v) is 6.15. The van der Waals surface area contributed by atoms with Crippen LogP contribution in [0.2, 0.25) is 0 Å². The van der Waals surface area contributed by atoms with Crippen LogP contribution in [0, 0.1) is 0 Å². The smallest absolute Gasteiger partial charge is 0.305 e. The Labute approximate surface area is 121 Å². The van der Waals surface area contributed by atoms with Crippen LogP contribution < -0.4 is 4.74 Å². The van der Waals surface area contributed by atoms with Gasteiger partial charge in [0.2, 0.25) is 0 Å². The first-order chi connectivity index (χ1) is 10.1. The summed E-state index contributed by atoms with van der Waals surface area (Å²) >= 11 is 0. The number of ether oxygens (including phenoxy) is 1. The van der Waals surface area contributed by atoms with Crippen LogP contribution in [0.25, 0.3) is 6.08 Å². The van der Waals surface area contributed by atoms with Crippen LogP contribution in [0.3, 0.4) is 0 Å². The first kappa shape index (κ1) is 14.7. The molecule has 0 spiro atoms. The van der Waals surface area contributed by atoms with Crippen molar-refractivity contribution in [3.05, 3.63) is 84.1 Å². The number of benzene rings is 2. The molecule has 0 aliphatic rings. The summed E-state index contributed by atoms with van der Waals surface area (Å²) in [5, 5.41) is 0. The quantitative estimate of drug-likeness (QED) is 0.589. The Morgan fingerprint density at radius 3 is 1.95 bits per heavy atom. The van der Waals surface area contributed by atoms with Crippen molar-refractivity contribution < 1.29 is 18.3 Å². The van der Waals surface area contributed by atoms with Crippen molar-refractivity contribution in [1.82, 2.24) is 0 Å². The van der Waals surface area contributed by atoms with Gasteiger partial charge in [0, 0.05) is 11.1 Å². The summed E-state index contributed by atoms with van der Waals surface area (Å²) in [6.07, 6.45) is 0.125. The molecular formula is C17H12F2O2. The fourth-order valence-electron chi connectivity index (χ4n) is 1.73. The monoisotopic (exact) mass is 286 g/mol. The van der Waals surface area contributed by atoms with Crippen LogP contribution in [0.4, 0.5) is 8.78 Å². The van der Waals surface area contributed by atoms with Crippen LogP contribution in [0.15, 0.2) is 67.5 Å². The van der Waals surface area contributed by atoms with Crippen molar-refractivity contribution in [2.45, 2.75) is 0 Å². The number of hydrogen-bond donors (Lipinski definition) is 0. The molecule has 0 radical (unpaired) electrons. The van der Waals surface area contributed by atoms with E-state index in [2.05, 4.69) is 6.58 Å². The minimum absolute atomic E-state index is 0.149. The predicted octanol–water partition coefficient (Wildman–Crippen LogP) is 4.68. The number of hydrogen-bond acceptors (Lipinski definition) is 2. The Morgan fingerprint density at radius 2 is 1.48 bits per heavy atom. The van der Waals surface area contributed by atoms with Gasteiger partial charge in [0.15, 0.2) is 12.0 Å². The fraction of sp³-hybridized carbons (Fsp3) is 0. The van der Waals surface area contributed by atoms with Crippen molar-refractivity contribution in [3.63, 3.8) is 0 Å². The number of carbonyl (C=O) groups is 1. The molecule has 2 aromatic carbocycles. The van der Waals surface area contributed by atoms with E-state index < -0.39 is 6.08 Å². The maximum Gasteiger partial charge on any atom is 0.305 e. The van der Waals surface area contributed by atoms with E-state index in [-0.39, 0.29) is 11.5 Å². The second-order valence-electron chi connectivity index (χ2n) is 4.20. The molecule has 0 unspecified atom stereocenters. The lowest BCUT2D eigenvalue weighted by Gasteiger charge is -2.04. The van der Waals surface area contributed by atoms with Gasteiger partial charge in [0.25, 0.3) is 0 Å². The van der Waals surface area contributed by atoms with Gasteiger partial charge < -0.3 is 4.74 Å². The standard InChI is InChI=1S/C17H12F2O2/c1-2-12-3-5-13(6-4-12)17(20)14-7-9-15(10-8-14)21-11-16(18)19/h2-11H,1H2. The van der Waals surface area contributed by atoms with Gasteiger partial charge in [0.05, 0.1) is 0 Å². The SMILES string of the molecule is C=Cc1ccc(C(=O)c2ccc(OC=C(F)F)cc2)cc1. The van der Waals surface area contributed by atoms with E-state index in [1.165, 1.54) is 24.3 Å². The molecule has 0 aliphatic heterocycles. The number of rotatable bonds is 5. The molecule has 0 aliphatic carbocycles. The number of carbonyl (C=O) groups excluding carboxylic acids is 1. The van der Waals surface area contributed by atoms with Gasteiger partial charge in [-0.25, -0.2) is 0 Å². The molecule has 2 nitrogen and oxygen atoms in total. The summed E-state index contributed by atoms with van der Waals surface area (Å²) in [7, 11) is 0. The topological polar surface area (TPSA) is 26.3 Å². The number of ketones is 1. The molecule has 0 amide bonds. The highest BCUT2D eigenvalue weighted by Crippen LogP contribution is 2.17. The van der Waals surface area contributed by atoms with Gasteiger partial charge in [-0.05, 0) is 29.8 Å². The average Bonchev–Trinajstić information content (AvgIpc) is 2.53. The van der Waals surface area contributed by atoms with Crippen molar-refractivity contribution in [3.8, 4) is 5.75 Å². The number of halogens is 2. The summed E-state index contributed by atoms with van der Waals surface area (Å²) in [6.45, 7) is 3.65. The highest BCUT2D eigenvalue weighted by atomic mass is 19.3. The molecule has 0 saturated heterocycles. The Balaban J connectivity index is 2.15. The zero-order chi connectivity index (χ0) is 15.2. The molecule has 0 N–H and O–H groups in total. The largest absolute Gasteiger partial charge is 0.459 e. The summed E-state index contributed by atoms with van der Waals surface area (Å²) in [6, 6.07) is 13.0. The zero-order valence-electron chi connectivity index (χ0n) is 11.1. The van der Waals surface area contributed by atoms with Crippen LogP contribution in [0.5, 0.6) is 5.75 Å². The van der Waals surface area contributed by atoms with E-state index in [9.17, 15) is 13.6 Å². The Hall–Kier alpha value is -2.75. The second kappa shape index (κ2) is 6.61. The molecule has 106 valence electrons. The Morgan fingerprint density at radius 1 is 0.952 bits per heavy atom. The van der Waals surface area contributed by atoms with E-state index >= 15 is 0 Å². The van der Waals surface area contributed by atoms with Gasteiger partial charge >= 0.3 is 6.08 Å². The molecule has 0 aromatic heterocycles. The highest BCUT2D eigenvalue weighted by molar-refractivity contribution is 6.09. The lowest BCUT2D eigenvalue weighted by atomic mass is 10.0. The normalized spacial score (nSPS) is 9.81. The van der Waals surface area contributed by atoms with Gasteiger partial charge in [0.1, 0.15) is 5.75 Å². The third-order valence-electron chi connectivity index (χ3n) is 2.81. The summed E-state index contributed by atoms with van der Waals surface area (Å²) < 4.78 is 28.5. The van der Waals surface area contributed by atoms with Crippen LogP contribution in [-0.4, -0.2) is 5.78 Å². The summed E-state index contributed by atoms with van der Waals surface area (Å²) in [5.74, 6) is 0.0886. The molecule has 0 saturated carbocycles. The molecule has 0 bridgehead atoms. The van der Waals surface area contributed by atoms with E-state index in [4.69, 9.17) is 4.74 Å². The third-order valence-corrected chi connectivity index (χ3v) is 2.81. The lowest BCUT2D eigenvalue weighted by Crippen LogP contribution is -2.00. The molecule has 4 heteroatoms. The van der Waals surface area contributed by atoms with Crippen molar-refractivity contribution in [2.75, 3.05) is 0 Å². The highest BCUT2D eigenvalue weighted by Gasteiger charge is 2.08. The van der Waals surface area contributed by atoms with Crippen molar-refractivity contribution in [1.29, 1.82) is 0 Å². The molecule has 0 atom stereocenters. The average molecular weight is 286 g/mol. The molecule has 21 heavy (non-hydrogen) atoms. The molecule has 0 heterocycles. The third kappa shape index (κ3) is 3.86. The van der Waals surface area contributed by atoms with Crippen LogP contribution in [-0.2, 0) is 0 Å². The maximum absolute atomic E-state index is 12.2. The minimum atomic E-state index is -1.92. The van der Waals surface area contributed by atoms with Crippen molar-refractivity contribution in [2.24, 2.45) is 0 Å². The minimum Gasteiger partial charge on any atom is -0.459 e. The van der Waals surface area contributed by atoms with Gasteiger partial charge in [-0.1, -0.05) is 36.9 Å². The van der Waals surface area contributed by atoms with Crippen molar-refractivity contribution >= 4 is 11.9 Å². The Bertz CT molecular complexity index is 667. The maximum atomic E-state index is 12.2. The Kier molecular flexibility index (Phi) is 4.61. The van der Waals surface area contributed by atoms with Crippen LogP contribution in [0.1, 0.15) is 21.5 Å². The van der Waals surface area contributed by atoms with E-state index in [1.807, 2.05) is 0 Å². The molecule has 0 fully saturated rings. The predicted molar refractivity (Wildman–Crippen MR) is 77.3 cm³/mol. The van der Waals surface area contributed by atoms with Gasteiger partial charge in [-0.15, -0.1) is 0 Å². The summed E-state index contributed by atoms with van der Waals surface area (Å²) in [5.41, 5.74) is 1.93. The first-order valence-electron chi connectivity index (χ1n) is 6.15. The molecule has 2 rings (SSSR count). The molecule has 2 aromatic rings. The lowest BCUT2D eigenvalue weighted by molar-refractivity contribution is 0.103. The second-order valence-corrected chi connectivity index (χ2v) is 4.20.